The summed E-state index contributed by atoms with van der Waals surface area (Å²) in [5.74, 6) is -0.168. The molecule has 2 aromatic carbocycles. The number of piperidine rings is 1. The zero-order valence-electron chi connectivity index (χ0n) is 27.8. The lowest BCUT2D eigenvalue weighted by atomic mass is 9.99. The molecule has 2 heterocycles. The molecule has 1 fully saturated rings. The van der Waals surface area contributed by atoms with Gasteiger partial charge >= 0.3 is 11.9 Å². The average Bonchev–Trinajstić information content (AvgIpc) is 3.08. The number of anilines is 2. The Balaban J connectivity index is 0.00000650. The van der Waals surface area contributed by atoms with Gasteiger partial charge in [-0.15, -0.1) is 0 Å². The van der Waals surface area contributed by atoms with E-state index in [4.69, 9.17) is 32.5 Å². The summed E-state index contributed by atoms with van der Waals surface area (Å²) < 4.78 is 21.3. The zero-order valence-corrected chi connectivity index (χ0v) is 29.3. The second-order valence-corrected chi connectivity index (χ2v) is 12.2. The van der Waals surface area contributed by atoms with Crippen LogP contribution in [0.5, 0.6) is 11.5 Å². The number of nitrogens with zero attached hydrogens (tertiary/aromatic N) is 3. The molecular weight excluding hydrogens is 675 g/mol. The van der Waals surface area contributed by atoms with E-state index in [1.807, 2.05) is 48.5 Å². The summed E-state index contributed by atoms with van der Waals surface area (Å²) in [6.45, 7) is 3.23. The van der Waals surface area contributed by atoms with Crippen molar-refractivity contribution in [1.29, 1.82) is 0 Å². The van der Waals surface area contributed by atoms with Gasteiger partial charge in [0.25, 0.3) is 5.91 Å². The Labute approximate surface area is 297 Å². The Morgan fingerprint density at radius 1 is 0.878 bits per heavy atom. The predicted molar refractivity (Wildman–Crippen MR) is 181 cm³/mol. The fourth-order valence-corrected chi connectivity index (χ4v) is 6.17. The molecule has 266 valence electrons. The molecule has 15 heteroatoms. The van der Waals surface area contributed by atoms with E-state index in [-0.39, 0.29) is 54.1 Å². The van der Waals surface area contributed by atoms with Gasteiger partial charge in [-0.05, 0) is 61.1 Å². The van der Waals surface area contributed by atoms with Crippen molar-refractivity contribution in [3.05, 3.63) is 70.5 Å². The molecule has 0 aliphatic carbocycles. The van der Waals surface area contributed by atoms with Crippen LogP contribution in [0.2, 0.25) is 5.15 Å². The lowest BCUT2D eigenvalue weighted by Crippen LogP contribution is -3.00. The molecule has 0 spiro atoms. The molecule has 3 aromatic rings. The third-order valence-electron chi connectivity index (χ3n) is 8.41. The first-order chi connectivity index (χ1) is 23.1. The Bertz CT molecular complexity index is 1510. The van der Waals surface area contributed by atoms with Gasteiger partial charge in [0.05, 0.1) is 46.4 Å². The minimum absolute atomic E-state index is 0. The lowest BCUT2D eigenvalue weighted by molar-refractivity contribution is -0.933. The van der Waals surface area contributed by atoms with Crippen LogP contribution in [-0.2, 0) is 31.9 Å². The number of esters is 2. The SMILES string of the molecule is COC(=O)COc1cccc(CCC[N+]2(CCCc3cccc(OCC(=O)OC)c3)CCC[C@H](NC(=O)c3nc(Cl)c(N)nc3N)C2)c1.[Cl-]. The van der Waals surface area contributed by atoms with E-state index >= 15 is 0 Å². The number of nitrogens with one attached hydrogen (secondary N) is 1. The van der Waals surface area contributed by atoms with Crippen molar-refractivity contribution in [3.63, 3.8) is 0 Å². The van der Waals surface area contributed by atoms with E-state index in [0.29, 0.717) is 11.5 Å². The predicted octanol–water partition coefficient (Wildman–Crippen LogP) is 0.377. The molecular formula is C34H44Cl2N6O7. The maximum Gasteiger partial charge on any atom is 0.343 e. The van der Waals surface area contributed by atoms with Crippen molar-refractivity contribution in [3.8, 4) is 11.5 Å². The summed E-state index contributed by atoms with van der Waals surface area (Å²) in [6, 6.07) is 15.4. The van der Waals surface area contributed by atoms with Gasteiger partial charge in [-0.1, -0.05) is 35.9 Å². The quantitative estimate of drug-likeness (QED) is 0.138. The molecule has 49 heavy (non-hydrogen) atoms. The zero-order chi connectivity index (χ0) is 34.5. The number of aromatic nitrogens is 2. The highest BCUT2D eigenvalue weighted by molar-refractivity contribution is 6.31. The van der Waals surface area contributed by atoms with Gasteiger partial charge in [0.1, 0.15) is 11.5 Å². The molecule has 1 aromatic heterocycles. The third-order valence-corrected chi connectivity index (χ3v) is 8.69. The molecule has 0 saturated carbocycles. The number of benzene rings is 2. The van der Waals surface area contributed by atoms with Gasteiger partial charge in [0.15, 0.2) is 35.7 Å². The number of likely N-dealkylation sites (tertiary alicyclic amines) is 1. The lowest BCUT2D eigenvalue weighted by Gasteiger charge is -2.45. The fourth-order valence-electron chi connectivity index (χ4n) is 6.04. The van der Waals surface area contributed by atoms with E-state index in [1.54, 1.807) is 0 Å². The standard InChI is InChI=1S/C34H43ClN6O7.ClH/c1-45-28(42)21-47-26-13-3-8-23(18-26)10-5-15-41(16-6-11-24-9-4-14-27(19-24)48-22-29(43)46-2)17-7-12-25(20-41)38-34(44)30-32(36)40-33(37)31(35)39-30;/h3-4,8-9,13-14,18-19,25H,5-7,10-12,15-17,20-22H2,1-2H3,(H4-,36,37,38,40,44);1H/t25-;/m0./s1. The van der Waals surface area contributed by atoms with Crippen LogP contribution in [0.15, 0.2) is 48.5 Å². The Morgan fingerprint density at radius 3 is 1.96 bits per heavy atom. The van der Waals surface area contributed by atoms with Crippen molar-refractivity contribution >= 4 is 41.1 Å². The van der Waals surface area contributed by atoms with Crippen molar-refractivity contribution in [2.75, 3.05) is 65.1 Å². The first-order valence-electron chi connectivity index (χ1n) is 15.9. The number of nitrogens with two attached hydrogens (primary N) is 2. The van der Waals surface area contributed by atoms with Gasteiger partial charge in [0, 0.05) is 12.8 Å². The number of carbonyl (C=O) groups is 3. The molecule has 1 saturated heterocycles. The van der Waals surface area contributed by atoms with Gasteiger partial charge < -0.3 is 52.6 Å². The van der Waals surface area contributed by atoms with Gasteiger partial charge in [0.2, 0.25) is 0 Å². The normalized spacial score (nSPS) is 15.0. The van der Waals surface area contributed by atoms with E-state index in [0.717, 1.165) is 80.3 Å². The van der Waals surface area contributed by atoms with Crippen LogP contribution in [0.4, 0.5) is 11.6 Å². The summed E-state index contributed by atoms with van der Waals surface area (Å²) in [5, 5.41) is 3.05. The molecule has 0 bridgehead atoms. The van der Waals surface area contributed by atoms with Crippen molar-refractivity contribution < 1.29 is 50.2 Å². The minimum atomic E-state index is -0.437. The first kappa shape index (κ1) is 39.1. The molecule has 1 aliphatic rings. The first-order valence-corrected chi connectivity index (χ1v) is 16.3. The van der Waals surface area contributed by atoms with Crippen LogP contribution in [0, 0.1) is 0 Å². The summed E-state index contributed by atoms with van der Waals surface area (Å²) in [4.78, 5) is 44.3. The third kappa shape index (κ3) is 11.9. The molecule has 1 aliphatic heterocycles. The number of amides is 1. The topological polar surface area (TPSA) is 178 Å². The smallest absolute Gasteiger partial charge is 0.343 e. The largest absolute Gasteiger partial charge is 1.00 e. The van der Waals surface area contributed by atoms with Crippen molar-refractivity contribution in [1.82, 2.24) is 15.3 Å². The second kappa shape index (κ2) is 19.0. The number of halogens is 2. The number of hydrogen-bond acceptors (Lipinski definition) is 11. The molecule has 0 radical (unpaired) electrons. The fraction of sp³-hybridized carbons (Fsp3) is 0.441. The Hall–Kier alpha value is -4.33. The average molecular weight is 720 g/mol. The second-order valence-electron chi connectivity index (χ2n) is 11.9. The maximum atomic E-state index is 13.2. The summed E-state index contributed by atoms with van der Waals surface area (Å²) >= 11 is 6.03. The number of quaternary nitrogens is 1. The van der Waals surface area contributed by atoms with Gasteiger partial charge in [-0.3, -0.25) is 4.79 Å². The number of carbonyl (C=O) groups excluding carboxylic acids is 3. The van der Waals surface area contributed by atoms with E-state index in [9.17, 15) is 14.4 Å². The monoisotopic (exact) mass is 718 g/mol. The van der Waals surface area contributed by atoms with Crippen molar-refractivity contribution in [2.24, 2.45) is 0 Å². The molecule has 5 N–H and O–H groups in total. The number of aryl methyl sites for hydroxylation is 2. The van der Waals surface area contributed by atoms with E-state index in [1.165, 1.54) is 14.2 Å². The van der Waals surface area contributed by atoms with Gasteiger partial charge in [-0.25, -0.2) is 19.6 Å². The number of methoxy groups -OCH3 is 2. The molecule has 1 amide bonds. The van der Waals surface area contributed by atoms with E-state index in [2.05, 4.69) is 24.8 Å². The van der Waals surface area contributed by atoms with Crippen LogP contribution in [0.1, 0.15) is 47.3 Å². The molecule has 13 nitrogen and oxygen atoms in total. The van der Waals surface area contributed by atoms with Crippen LogP contribution < -0.4 is 38.7 Å². The van der Waals surface area contributed by atoms with Crippen molar-refractivity contribution in [2.45, 2.75) is 44.6 Å². The molecule has 0 unspecified atom stereocenters. The van der Waals surface area contributed by atoms with Crippen LogP contribution in [0.25, 0.3) is 0 Å². The molecule has 4 rings (SSSR count). The van der Waals surface area contributed by atoms with Crippen LogP contribution >= 0.6 is 11.6 Å². The minimum Gasteiger partial charge on any atom is -1.00 e. The molecule has 1 atom stereocenters. The highest BCUT2D eigenvalue weighted by atomic mass is 35.5. The summed E-state index contributed by atoms with van der Waals surface area (Å²) in [7, 11) is 2.65. The number of hydrogen-bond donors (Lipinski definition) is 3. The highest BCUT2D eigenvalue weighted by Crippen LogP contribution is 2.25. The number of ether oxygens (including phenoxy) is 4. The van der Waals surface area contributed by atoms with E-state index < -0.39 is 17.8 Å². The summed E-state index contributed by atoms with van der Waals surface area (Å²) in [6.07, 6.45) is 5.21. The number of rotatable bonds is 16. The Morgan fingerprint density at radius 2 is 1.43 bits per heavy atom. The highest BCUT2D eigenvalue weighted by Gasteiger charge is 2.35. The van der Waals surface area contributed by atoms with Crippen LogP contribution in [0.3, 0.4) is 0 Å². The number of nitrogen functional groups attached to an aromatic ring is 2. The Kier molecular flexibility index (Phi) is 15.2. The maximum absolute atomic E-state index is 13.2. The van der Waals surface area contributed by atoms with Gasteiger partial charge in [-0.2, -0.15) is 0 Å². The summed E-state index contributed by atoms with van der Waals surface area (Å²) in [5.41, 5.74) is 13.8. The van der Waals surface area contributed by atoms with Crippen LogP contribution in [-0.4, -0.2) is 92.0 Å².